The van der Waals surface area contributed by atoms with Crippen LogP contribution in [0.2, 0.25) is 0 Å². The second-order valence-electron chi connectivity index (χ2n) is 3.85. The third kappa shape index (κ3) is 4.58. The normalized spacial score (nSPS) is 19.7. The highest BCUT2D eigenvalue weighted by molar-refractivity contribution is 9.10. The van der Waals surface area contributed by atoms with Crippen LogP contribution < -0.4 is 0 Å². The van der Waals surface area contributed by atoms with Crippen LogP contribution in [0.4, 0.5) is 0 Å². The van der Waals surface area contributed by atoms with Crippen molar-refractivity contribution in [1.82, 2.24) is 4.98 Å². The number of aromatic nitrogens is 1. The second-order valence-corrected chi connectivity index (χ2v) is 5.79. The Bertz CT molecular complexity index is 345. The summed E-state index contributed by atoms with van der Waals surface area (Å²) in [6.07, 6.45) is 4.43. The van der Waals surface area contributed by atoms with Crippen LogP contribution in [0.25, 0.3) is 0 Å². The van der Waals surface area contributed by atoms with E-state index in [0.717, 1.165) is 41.5 Å². The average Bonchev–Trinajstić information content (AvgIpc) is 2.84. The van der Waals surface area contributed by atoms with Gasteiger partial charge in [0.05, 0.1) is 19.3 Å². The van der Waals surface area contributed by atoms with Gasteiger partial charge >= 0.3 is 0 Å². The van der Waals surface area contributed by atoms with E-state index in [2.05, 4.69) is 20.9 Å². The van der Waals surface area contributed by atoms with E-state index >= 15 is 0 Å². The number of nitrogens with zero attached hydrogens (tertiary/aromatic N) is 1. The van der Waals surface area contributed by atoms with Gasteiger partial charge in [-0.2, -0.15) is 0 Å². The molecule has 1 unspecified atom stereocenters. The van der Waals surface area contributed by atoms with Crippen LogP contribution in [0, 0.1) is 0 Å². The molecule has 1 aliphatic heterocycles. The van der Waals surface area contributed by atoms with Gasteiger partial charge in [0.15, 0.2) is 0 Å². The van der Waals surface area contributed by atoms with Gasteiger partial charge < -0.3 is 9.47 Å². The van der Waals surface area contributed by atoms with Crippen molar-refractivity contribution in [2.24, 2.45) is 0 Å². The number of halogens is 1. The smallest absolute Gasteiger partial charge is 0.110 e. The minimum Gasteiger partial charge on any atom is -0.378 e. The molecule has 1 aliphatic rings. The van der Waals surface area contributed by atoms with Crippen molar-refractivity contribution in [2.75, 3.05) is 25.6 Å². The van der Waals surface area contributed by atoms with Crippen LogP contribution in [-0.2, 0) is 9.47 Å². The first-order chi connectivity index (χ1) is 8.36. The lowest BCUT2D eigenvalue weighted by Gasteiger charge is -2.09. The van der Waals surface area contributed by atoms with Crippen LogP contribution in [0.1, 0.15) is 12.8 Å². The van der Waals surface area contributed by atoms with Gasteiger partial charge in [0, 0.05) is 23.0 Å². The van der Waals surface area contributed by atoms with Crippen molar-refractivity contribution in [3.8, 4) is 0 Å². The lowest BCUT2D eigenvalue weighted by molar-refractivity contribution is 0.0226. The first kappa shape index (κ1) is 13.3. The fourth-order valence-corrected chi connectivity index (χ4v) is 3.00. The minimum atomic E-state index is 0.321. The van der Waals surface area contributed by atoms with Crippen molar-refractivity contribution in [2.45, 2.75) is 24.0 Å². The summed E-state index contributed by atoms with van der Waals surface area (Å²) in [5.41, 5.74) is 0. The van der Waals surface area contributed by atoms with E-state index in [-0.39, 0.29) is 0 Å². The molecule has 1 aromatic rings. The zero-order chi connectivity index (χ0) is 11.9. The highest BCUT2D eigenvalue weighted by atomic mass is 79.9. The van der Waals surface area contributed by atoms with Gasteiger partial charge in [-0.25, -0.2) is 4.98 Å². The van der Waals surface area contributed by atoms with Gasteiger partial charge in [-0.15, -0.1) is 11.8 Å². The summed E-state index contributed by atoms with van der Waals surface area (Å²) in [4.78, 5) is 4.29. The van der Waals surface area contributed by atoms with Crippen LogP contribution in [0.5, 0.6) is 0 Å². The predicted molar refractivity (Wildman–Crippen MR) is 72.5 cm³/mol. The van der Waals surface area contributed by atoms with Gasteiger partial charge in [0.1, 0.15) is 5.03 Å². The van der Waals surface area contributed by atoms with E-state index in [1.165, 1.54) is 6.42 Å². The van der Waals surface area contributed by atoms with Crippen LogP contribution >= 0.6 is 27.7 Å². The molecule has 0 N–H and O–H groups in total. The van der Waals surface area contributed by atoms with Crippen molar-refractivity contribution in [3.63, 3.8) is 0 Å². The highest BCUT2D eigenvalue weighted by Crippen LogP contribution is 2.24. The van der Waals surface area contributed by atoms with Gasteiger partial charge in [0.2, 0.25) is 0 Å². The lowest BCUT2D eigenvalue weighted by atomic mass is 10.2. The SMILES string of the molecule is Brc1cccnc1SCCOCC1CCCO1. The molecule has 1 fully saturated rings. The average molecular weight is 318 g/mol. The van der Waals surface area contributed by atoms with E-state index in [1.54, 1.807) is 18.0 Å². The fraction of sp³-hybridized carbons (Fsp3) is 0.583. The second kappa shape index (κ2) is 7.36. The molecule has 94 valence electrons. The maximum absolute atomic E-state index is 5.59. The van der Waals surface area contributed by atoms with Crippen molar-refractivity contribution < 1.29 is 9.47 Å². The van der Waals surface area contributed by atoms with Gasteiger partial charge in [0.25, 0.3) is 0 Å². The molecule has 5 heteroatoms. The van der Waals surface area contributed by atoms with Crippen molar-refractivity contribution in [1.29, 1.82) is 0 Å². The lowest BCUT2D eigenvalue weighted by Crippen LogP contribution is -2.15. The van der Waals surface area contributed by atoms with E-state index in [0.29, 0.717) is 6.10 Å². The molecule has 1 atom stereocenters. The standard InChI is InChI=1S/C12H16BrNO2S/c13-11-4-1-5-14-12(11)17-8-7-15-9-10-3-2-6-16-10/h1,4-5,10H,2-3,6-9H2. The molecule has 3 nitrogen and oxygen atoms in total. The van der Waals surface area contributed by atoms with Crippen LogP contribution in [0.3, 0.4) is 0 Å². The third-order valence-corrected chi connectivity index (χ3v) is 4.39. The van der Waals surface area contributed by atoms with E-state index < -0.39 is 0 Å². The first-order valence-corrected chi connectivity index (χ1v) is 7.57. The molecule has 2 heterocycles. The maximum Gasteiger partial charge on any atom is 0.110 e. The zero-order valence-electron chi connectivity index (χ0n) is 9.60. The number of hydrogen-bond acceptors (Lipinski definition) is 4. The minimum absolute atomic E-state index is 0.321. The summed E-state index contributed by atoms with van der Waals surface area (Å²) in [5, 5.41) is 1.02. The third-order valence-electron chi connectivity index (χ3n) is 2.52. The summed E-state index contributed by atoms with van der Waals surface area (Å²) in [7, 11) is 0. The quantitative estimate of drug-likeness (QED) is 0.596. The van der Waals surface area contributed by atoms with E-state index in [1.807, 2.05) is 12.1 Å². The molecule has 0 bridgehead atoms. The Morgan fingerprint density at radius 3 is 3.29 bits per heavy atom. The number of ether oxygens (including phenoxy) is 2. The predicted octanol–water partition coefficient (Wildman–Crippen LogP) is 3.13. The molecule has 0 amide bonds. The Morgan fingerprint density at radius 2 is 2.53 bits per heavy atom. The number of pyridine rings is 1. The maximum atomic E-state index is 5.59. The van der Waals surface area contributed by atoms with Crippen molar-refractivity contribution in [3.05, 3.63) is 22.8 Å². The molecule has 0 saturated carbocycles. The largest absolute Gasteiger partial charge is 0.378 e. The Morgan fingerprint density at radius 1 is 1.59 bits per heavy atom. The molecule has 17 heavy (non-hydrogen) atoms. The Hall–Kier alpha value is -0.100. The molecule has 0 aliphatic carbocycles. The van der Waals surface area contributed by atoms with Crippen LogP contribution in [-0.4, -0.2) is 36.7 Å². The Kier molecular flexibility index (Phi) is 5.77. The summed E-state index contributed by atoms with van der Waals surface area (Å²) in [6, 6.07) is 3.92. The van der Waals surface area contributed by atoms with Crippen molar-refractivity contribution >= 4 is 27.7 Å². The van der Waals surface area contributed by atoms with Gasteiger partial charge in [-0.05, 0) is 40.9 Å². The molecule has 0 aromatic carbocycles. The summed E-state index contributed by atoms with van der Waals surface area (Å²) < 4.78 is 12.1. The first-order valence-electron chi connectivity index (χ1n) is 5.79. The van der Waals surface area contributed by atoms with E-state index in [4.69, 9.17) is 9.47 Å². The molecular weight excluding hydrogens is 302 g/mol. The summed E-state index contributed by atoms with van der Waals surface area (Å²) in [6.45, 7) is 2.36. The van der Waals surface area contributed by atoms with Gasteiger partial charge in [-0.3, -0.25) is 0 Å². The number of thioether (sulfide) groups is 1. The molecule has 1 saturated heterocycles. The Labute approximate surface area is 114 Å². The summed E-state index contributed by atoms with van der Waals surface area (Å²) in [5.74, 6) is 0.919. The summed E-state index contributed by atoms with van der Waals surface area (Å²) >= 11 is 5.18. The zero-order valence-corrected chi connectivity index (χ0v) is 12.0. The molecule has 1 aromatic heterocycles. The monoisotopic (exact) mass is 317 g/mol. The number of hydrogen-bond donors (Lipinski definition) is 0. The topological polar surface area (TPSA) is 31.4 Å². The molecule has 0 spiro atoms. The molecule has 0 radical (unpaired) electrons. The van der Waals surface area contributed by atoms with Gasteiger partial charge in [-0.1, -0.05) is 0 Å². The van der Waals surface area contributed by atoms with E-state index in [9.17, 15) is 0 Å². The highest BCUT2D eigenvalue weighted by Gasteiger charge is 2.14. The molecule has 2 rings (SSSR count). The fourth-order valence-electron chi connectivity index (χ4n) is 1.67. The van der Waals surface area contributed by atoms with Crippen LogP contribution in [0.15, 0.2) is 27.8 Å². The molecular formula is C12H16BrNO2S. The number of rotatable bonds is 6. The Balaban J connectivity index is 1.58.